The molecule has 0 saturated carbocycles. The van der Waals surface area contributed by atoms with Crippen LogP contribution in [0.2, 0.25) is 0 Å². The molecule has 0 aliphatic carbocycles. The molecule has 0 aliphatic rings. The molecule has 0 fully saturated rings. The van der Waals surface area contributed by atoms with Gasteiger partial charge in [-0.15, -0.1) is 0 Å². The Labute approximate surface area is 373 Å². The lowest BCUT2D eigenvalue weighted by atomic mass is 10.0. The van der Waals surface area contributed by atoms with Gasteiger partial charge in [0.2, 0.25) is 0 Å². The normalized spacial score (nSPS) is 12.5. The van der Waals surface area contributed by atoms with E-state index in [0.29, 0.717) is 19.4 Å². The van der Waals surface area contributed by atoms with Crippen LogP contribution in [0.25, 0.3) is 0 Å². The summed E-state index contributed by atoms with van der Waals surface area (Å²) in [6, 6.07) is 0. The van der Waals surface area contributed by atoms with Crippen LogP contribution in [0.5, 0.6) is 0 Å². The molecule has 0 spiro atoms. The number of hydrogen-bond acceptors (Lipinski definition) is 5. The van der Waals surface area contributed by atoms with Crippen LogP contribution < -0.4 is 0 Å². The summed E-state index contributed by atoms with van der Waals surface area (Å²) >= 11 is 0. The first-order valence-corrected chi connectivity index (χ1v) is 26.2. The standard InChI is InChI=1S/C55H100O5/c1-4-7-10-13-16-19-21-23-25-27-28-29-30-32-34-37-39-42-45-48-54(56)59-52-53(60-55(57)49-46-43-40-36-18-15-12-9-6-3)51-58-50-47-44-41-38-35-33-31-26-24-22-20-17-14-11-8-5-2/h8,11,17,20,24,26,33,35,53H,4-7,9-10,12-16,18-19,21-23,25,27-32,34,36-52H2,1-3H3/b11-8-,20-17-,26-24-,35-33-. The van der Waals surface area contributed by atoms with E-state index >= 15 is 0 Å². The number of rotatable bonds is 48. The summed E-state index contributed by atoms with van der Waals surface area (Å²) in [6.07, 6.45) is 62.7. The molecule has 0 heterocycles. The van der Waals surface area contributed by atoms with E-state index in [9.17, 15) is 9.59 Å². The predicted molar refractivity (Wildman–Crippen MR) is 261 cm³/mol. The van der Waals surface area contributed by atoms with Crippen LogP contribution in [-0.4, -0.2) is 37.9 Å². The Morgan fingerprint density at radius 3 is 1.18 bits per heavy atom. The van der Waals surface area contributed by atoms with E-state index in [2.05, 4.69) is 69.4 Å². The van der Waals surface area contributed by atoms with E-state index in [4.69, 9.17) is 14.2 Å². The van der Waals surface area contributed by atoms with Crippen molar-refractivity contribution >= 4 is 11.9 Å². The highest BCUT2D eigenvalue weighted by molar-refractivity contribution is 5.70. The second-order valence-corrected chi connectivity index (χ2v) is 17.4. The van der Waals surface area contributed by atoms with Gasteiger partial charge in [0.1, 0.15) is 6.61 Å². The van der Waals surface area contributed by atoms with Crippen LogP contribution in [0, 0.1) is 0 Å². The molecule has 1 atom stereocenters. The van der Waals surface area contributed by atoms with E-state index < -0.39 is 6.10 Å². The molecule has 350 valence electrons. The molecule has 0 rings (SSSR count). The third-order valence-electron chi connectivity index (χ3n) is 11.4. The number of esters is 2. The maximum Gasteiger partial charge on any atom is 0.306 e. The Morgan fingerprint density at radius 2 is 0.750 bits per heavy atom. The molecule has 5 heteroatoms. The van der Waals surface area contributed by atoms with Crippen LogP contribution in [0.15, 0.2) is 48.6 Å². The van der Waals surface area contributed by atoms with Crippen LogP contribution in [0.1, 0.15) is 265 Å². The maximum absolute atomic E-state index is 12.7. The number of allylic oxidation sites excluding steroid dienone is 8. The van der Waals surface area contributed by atoms with Crippen molar-refractivity contribution in [2.75, 3.05) is 19.8 Å². The first-order chi connectivity index (χ1) is 29.6. The molecular formula is C55H100O5. The lowest BCUT2D eigenvalue weighted by Gasteiger charge is -2.18. The summed E-state index contributed by atoms with van der Waals surface area (Å²) in [5.74, 6) is -0.405. The molecule has 0 aliphatic heterocycles. The zero-order valence-corrected chi connectivity index (χ0v) is 40.2. The summed E-state index contributed by atoms with van der Waals surface area (Å²) in [5.41, 5.74) is 0. The average Bonchev–Trinajstić information content (AvgIpc) is 3.25. The van der Waals surface area contributed by atoms with Crippen LogP contribution >= 0.6 is 0 Å². The zero-order valence-electron chi connectivity index (χ0n) is 40.2. The molecule has 0 bridgehead atoms. The number of carbonyl (C=O) groups is 2. The third-order valence-corrected chi connectivity index (χ3v) is 11.4. The number of hydrogen-bond donors (Lipinski definition) is 0. The largest absolute Gasteiger partial charge is 0.462 e. The van der Waals surface area contributed by atoms with E-state index in [1.165, 1.54) is 154 Å². The van der Waals surface area contributed by atoms with E-state index in [-0.39, 0.29) is 25.2 Å². The highest BCUT2D eigenvalue weighted by atomic mass is 16.6. The van der Waals surface area contributed by atoms with Crippen LogP contribution in [-0.2, 0) is 23.8 Å². The van der Waals surface area contributed by atoms with Gasteiger partial charge >= 0.3 is 11.9 Å². The fourth-order valence-electron chi connectivity index (χ4n) is 7.50. The second-order valence-electron chi connectivity index (χ2n) is 17.4. The van der Waals surface area contributed by atoms with Gasteiger partial charge in [-0.2, -0.15) is 0 Å². The minimum Gasteiger partial charge on any atom is -0.462 e. The van der Waals surface area contributed by atoms with Crippen molar-refractivity contribution < 1.29 is 23.8 Å². The molecule has 0 radical (unpaired) electrons. The first kappa shape index (κ1) is 57.9. The Bertz CT molecular complexity index is 997. The minimum atomic E-state index is -0.547. The van der Waals surface area contributed by atoms with E-state index in [1.807, 2.05) is 0 Å². The summed E-state index contributed by atoms with van der Waals surface area (Å²) in [4.78, 5) is 25.3. The van der Waals surface area contributed by atoms with Crippen molar-refractivity contribution in [3.8, 4) is 0 Å². The van der Waals surface area contributed by atoms with Crippen LogP contribution in [0.3, 0.4) is 0 Å². The summed E-state index contributed by atoms with van der Waals surface area (Å²) < 4.78 is 17.3. The predicted octanol–water partition coefficient (Wildman–Crippen LogP) is 17.6. The van der Waals surface area contributed by atoms with Gasteiger partial charge in [-0.1, -0.05) is 243 Å². The van der Waals surface area contributed by atoms with Crippen molar-refractivity contribution in [3.05, 3.63) is 48.6 Å². The average molecular weight is 841 g/mol. The summed E-state index contributed by atoms with van der Waals surface area (Å²) in [7, 11) is 0. The van der Waals surface area contributed by atoms with Gasteiger partial charge in [-0.05, 0) is 57.8 Å². The van der Waals surface area contributed by atoms with Crippen LogP contribution in [0.4, 0.5) is 0 Å². The van der Waals surface area contributed by atoms with Crippen molar-refractivity contribution in [1.82, 2.24) is 0 Å². The van der Waals surface area contributed by atoms with Gasteiger partial charge in [0.25, 0.3) is 0 Å². The topological polar surface area (TPSA) is 61.8 Å². The van der Waals surface area contributed by atoms with Crippen molar-refractivity contribution in [3.63, 3.8) is 0 Å². The highest BCUT2D eigenvalue weighted by Gasteiger charge is 2.17. The highest BCUT2D eigenvalue weighted by Crippen LogP contribution is 2.16. The Balaban J connectivity index is 4.18. The Kier molecular flexibility index (Phi) is 49.4. The first-order valence-electron chi connectivity index (χ1n) is 26.2. The van der Waals surface area contributed by atoms with Gasteiger partial charge in [0, 0.05) is 19.4 Å². The molecule has 0 N–H and O–H groups in total. The van der Waals surface area contributed by atoms with Gasteiger partial charge in [0.05, 0.1) is 6.61 Å². The van der Waals surface area contributed by atoms with E-state index in [0.717, 1.165) is 77.0 Å². The summed E-state index contributed by atoms with van der Waals surface area (Å²) in [5, 5.41) is 0. The number of unbranched alkanes of at least 4 members (excludes halogenated alkanes) is 29. The molecule has 0 saturated heterocycles. The Morgan fingerprint density at radius 1 is 0.383 bits per heavy atom. The monoisotopic (exact) mass is 841 g/mol. The van der Waals surface area contributed by atoms with Crippen molar-refractivity contribution in [1.29, 1.82) is 0 Å². The molecule has 5 nitrogen and oxygen atoms in total. The summed E-state index contributed by atoms with van der Waals surface area (Å²) in [6.45, 7) is 7.67. The zero-order chi connectivity index (χ0) is 43.5. The minimum absolute atomic E-state index is 0.0767. The van der Waals surface area contributed by atoms with Gasteiger partial charge in [-0.25, -0.2) is 0 Å². The number of carbonyl (C=O) groups excluding carboxylic acids is 2. The molecule has 0 amide bonds. The van der Waals surface area contributed by atoms with Gasteiger partial charge < -0.3 is 14.2 Å². The third kappa shape index (κ3) is 48.5. The fourth-order valence-corrected chi connectivity index (χ4v) is 7.50. The van der Waals surface area contributed by atoms with E-state index in [1.54, 1.807) is 0 Å². The molecule has 0 aromatic rings. The Hall–Kier alpha value is -2.14. The molecule has 0 aromatic heterocycles. The molecule has 0 aromatic carbocycles. The van der Waals surface area contributed by atoms with Crippen molar-refractivity contribution in [2.24, 2.45) is 0 Å². The fraction of sp³-hybridized carbons (Fsp3) is 0.818. The lowest BCUT2D eigenvalue weighted by molar-refractivity contribution is -0.163. The smallest absolute Gasteiger partial charge is 0.306 e. The lowest BCUT2D eigenvalue weighted by Crippen LogP contribution is -2.30. The quantitative estimate of drug-likeness (QED) is 0.0347. The SMILES string of the molecule is CC/C=C\C/C=C\C/C=C\C/C=C\CCCCCOCC(COC(=O)CCCCCCCCCCCCCCCCCCCCC)OC(=O)CCCCCCCCCCC. The van der Waals surface area contributed by atoms with Gasteiger partial charge in [0.15, 0.2) is 6.10 Å². The molecule has 60 heavy (non-hydrogen) atoms. The second kappa shape index (κ2) is 51.2. The van der Waals surface area contributed by atoms with Crippen molar-refractivity contribution in [2.45, 2.75) is 271 Å². The van der Waals surface area contributed by atoms with Gasteiger partial charge in [-0.3, -0.25) is 9.59 Å². The maximum atomic E-state index is 12.7. The number of ether oxygens (including phenoxy) is 3. The molecular weight excluding hydrogens is 741 g/mol. The molecule has 1 unspecified atom stereocenters.